The lowest BCUT2D eigenvalue weighted by atomic mass is 10.1. The number of thiazole rings is 1. The van der Waals surface area contributed by atoms with Crippen molar-refractivity contribution in [2.75, 3.05) is 12.4 Å². The first-order chi connectivity index (χ1) is 9.97. The van der Waals surface area contributed by atoms with Crippen LogP contribution in [0.15, 0.2) is 5.38 Å². The zero-order valence-corrected chi connectivity index (χ0v) is 13.5. The fraction of sp³-hybridized carbons (Fsp3) is 0.308. The van der Waals surface area contributed by atoms with Gasteiger partial charge in [-0.05, 0) is 19.4 Å². The number of thiophene rings is 1. The summed E-state index contributed by atoms with van der Waals surface area (Å²) in [6.45, 7) is 4.00. The van der Waals surface area contributed by atoms with Crippen molar-refractivity contribution in [2.24, 2.45) is 5.73 Å². The standard InChI is InChI=1S/C13H15N3O3S2/c1-6-7(2)21-12(10(6)13(18)19-3)16-11(17)8-5-20-9(4-14)15-8/h5H,4,14H2,1-3H3,(H,16,17). The molecule has 0 aromatic carbocycles. The first kappa shape index (κ1) is 15.6. The summed E-state index contributed by atoms with van der Waals surface area (Å²) in [4.78, 5) is 29.1. The van der Waals surface area contributed by atoms with E-state index in [-0.39, 0.29) is 5.91 Å². The molecule has 2 aromatic rings. The number of nitrogens with zero attached hydrogens (tertiary/aromatic N) is 1. The van der Waals surface area contributed by atoms with E-state index in [1.54, 1.807) is 5.38 Å². The van der Waals surface area contributed by atoms with Crippen molar-refractivity contribution in [1.29, 1.82) is 0 Å². The Bertz CT molecular complexity index is 691. The SMILES string of the molecule is COC(=O)c1c(NC(=O)c2csc(CN)n2)sc(C)c1C. The normalized spacial score (nSPS) is 10.5. The average molecular weight is 325 g/mol. The van der Waals surface area contributed by atoms with Crippen LogP contribution in [0.2, 0.25) is 0 Å². The number of nitrogens with one attached hydrogen (secondary N) is 1. The summed E-state index contributed by atoms with van der Waals surface area (Å²) >= 11 is 2.67. The smallest absolute Gasteiger partial charge is 0.341 e. The Kier molecular flexibility index (Phi) is 4.71. The molecule has 112 valence electrons. The molecule has 0 spiro atoms. The Morgan fingerprint density at radius 1 is 1.43 bits per heavy atom. The van der Waals surface area contributed by atoms with Crippen LogP contribution in [-0.2, 0) is 11.3 Å². The lowest BCUT2D eigenvalue weighted by Gasteiger charge is -2.04. The fourth-order valence-corrected chi connectivity index (χ4v) is 3.44. The maximum absolute atomic E-state index is 12.2. The second kappa shape index (κ2) is 6.33. The highest BCUT2D eigenvalue weighted by Gasteiger charge is 2.22. The van der Waals surface area contributed by atoms with Crippen molar-refractivity contribution in [3.05, 3.63) is 32.1 Å². The second-order valence-corrected chi connectivity index (χ2v) is 6.43. The number of carbonyl (C=O) groups excluding carboxylic acids is 2. The van der Waals surface area contributed by atoms with Gasteiger partial charge < -0.3 is 15.8 Å². The maximum atomic E-state index is 12.2. The monoisotopic (exact) mass is 325 g/mol. The number of aromatic nitrogens is 1. The quantitative estimate of drug-likeness (QED) is 0.841. The molecule has 0 fully saturated rings. The largest absolute Gasteiger partial charge is 0.465 e. The van der Waals surface area contributed by atoms with Gasteiger partial charge in [0.05, 0.1) is 12.7 Å². The number of ether oxygens (including phenoxy) is 1. The van der Waals surface area contributed by atoms with E-state index in [0.29, 0.717) is 27.8 Å². The van der Waals surface area contributed by atoms with Gasteiger partial charge in [0.2, 0.25) is 0 Å². The molecule has 0 aliphatic heterocycles. The Hall–Kier alpha value is -1.77. The minimum Gasteiger partial charge on any atom is -0.465 e. The molecular weight excluding hydrogens is 310 g/mol. The molecule has 0 saturated heterocycles. The van der Waals surface area contributed by atoms with Gasteiger partial charge in [-0.25, -0.2) is 9.78 Å². The molecule has 3 N–H and O–H groups in total. The first-order valence-electron chi connectivity index (χ1n) is 6.12. The highest BCUT2D eigenvalue weighted by molar-refractivity contribution is 7.16. The van der Waals surface area contributed by atoms with E-state index in [0.717, 1.165) is 10.4 Å². The molecule has 2 aromatic heterocycles. The van der Waals surface area contributed by atoms with Gasteiger partial charge in [0, 0.05) is 16.8 Å². The number of esters is 1. The molecule has 8 heteroatoms. The average Bonchev–Trinajstić information content (AvgIpc) is 3.04. The van der Waals surface area contributed by atoms with Gasteiger partial charge in [0.25, 0.3) is 5.91 Å². The van der Waals surface area contributed by atoms with Crippen LogP contribution in [0.1, 0.15) is 36.3 Å². The van der Waals surface area contributed by atoms with E-state index >= 15 is 0 Å². The van der Waals surface area contributed by atoms with Crippen LogP contribution in [0, 0.1) is 13.8 Å². The van der Waals surface area contributed by atoms with Crippen LogP contribution in [0.4, 0.5) is 5.00 Å². The summed E-state index contributed by atoms with van der Waals surface area (Å²) < 4.78 is 4.77. The predicted octanol–water partition coefficient (Wildman–Crippen LogP) is 2.32. The molecule has 0 saturated carbocycles. The van der Waals surface area contributed by atoms with E-state index in [4.69, 9.17) is 10.5 Å². The number of nitrogens with two attached hydrogens (primary N) is 1. The summed E-state index contributed by atoms with van der Waals surface area (Å²) in [6.07, 6.45) is 0. The third-order valence-corrected chi connectivity index (χ3v) is 4.95. The minimum absolute atomic E-state index is 0.292. The summed E-state index contributed by atoms with van der Waals surface area (Å²) in [5, 5.41) is 5.53. The molecule has 21 heavy (non-hydrogen) atoms. The van der Waals surface area contributed by atoms with Gasteiger partial charge in [0.15, 0.2) is 0 Å². The fourth-order valence-electron chi connectivity index (χ4n) is 1.74. The van der Waals surface area contributed by atoms with Gasteiger partial charge in [-0.15, -0.1) is 22.7 Å². The molecule has 0 atom stereocenters. The van der Waals surface area contributed by atoms with E-state index in [9.17, 15) is 9.59 Å². The van der Waals surface area contributed by atoms with Gasteiger partial charge in [-0.3, -0.25) is 4.79 Å². The molecule has 2 heterocycles. The van der Waals surface area contributed by atoms with Gasteiger partial charge in [-0.2, -0.15) is 0 Å². The lowest BCUT2D eigenvalue weighted by molar-refractivity contribution is 0.0601. The number of hydrogen-bond donors (Lipinski definition) is 2. The Morgan fingerprint density at radius 2 is 2.14 bits per heavy atom. The van der Waals surface area contributed by atoms with Crippen molar-refractivity contribution in [3.63, 3.8) is 0 Å². The summed E-state index contributed by atoms with van der Waals surface area (Å²) in [6, 6.07) is 0. The summed E-state index contributed by atoms with van der Waals surface area (Å²) in [5.41, 5.74) is 6.97. The Balaban J connectivity index is 2.29. The maximum Gasteiger partial charge on any atom is 0.341 e. The third-order valence-electron chi connectivity index (χ3n) is 2.96. The molecule has 1 amide bonds. The number of hydrogen-bond acceptors (Lipinski definition) is 7. The topological polar surface area (TPSA) is 94.3 Å². The van der Waals surface area contributed by atoms with E-state index in [1.165, 1.54) is 29.8 Å². The van der Waals surface area contributed by atoms with Crippen molar-refractivity contribution >= 4 is 39.6 Å². The highest BCUT2D eigenvalue weighted by Crippen LogP contribution is 2.33. The molecule has 6 nitrogen and oxygen atoms in total. The van der Waals surface area contributed by atoms with Gasteiger partial charge >= 0.3 is 5.97 Å². The van der Waals surface area contributed by atoms with Crippen LogP contribution in [0.25, 0.3) is 0 Å². The van der Waals surface area contributed by atoms with E-state index in [2.05, 4.69) is 10.3 Å². The summed E-state index contributed by atoms with van der Waals surface area (Å²) in [7, 11) is 1.31. The number of rotatable bonds is 4. The van der Waals surface area contributed by atoms with Crippen molar-refractivity contribution in [1.82, 2.24) is 4.98 Å². The lowest BCUT2D eigenvalue weighted by Crippen LogP contribution is -2.15. The number of aryl methyl sites for hydroxylation is 1. The van der Waals surface area contributed by atoms with Crippen LogP contribution in [0.5, 0.6) is 0 Å². The molecule has 2 rings (SSSR count). The number of carbonyl (C=O) groups is 2. The van der Waals surface area contributed by atoms with Gasteiger partial charge in [-0.1, -0.05) is 0 Å². The van der Waals surface area contributed by atoms with Gasteiger partial charge in [0.1, 0.15) is 15.7 Å². The Labute approximate surface area is 130 Å². The molecular formula is C13H15N3O3S2. The van der Waals surface area contributed by atoms with Crippen molar-refractivity contribution in [2.45, 2.75) is 20.4 Å². The molecule has 0 bridgehead atoms. The number of amides is 1. The molecule has 0 radical (unpaired) electrons. The zero-order chi connectivity index (χ0) is 15.6. The van der Waals surface area contributed by atoms with Crippen LogP contribution < -0.4 is 11.1 Å². The van der Waals surface area contributed by atoms with E-state index in [1.807, 2.05) is 13.8 Å². The summed E-state index contributed by atoms with van der Waals surface area (Å²) in [5.74, 6) is -0.828. The van der Waals surface area contributed by atoms with Crippen LogP contribution >= 0.6 is 22.7 Å². The molecule has 0 aliphatic rings. The molecule has 0 unspecified atom stereocenters. The predicted molar refractivity (Wildman–Crippen MR) is 83.1 cm³/mol. The van der Waals surface area contributed by atoms with Crippen LogP contribution in [-0.4, -0.2) is 24.0 Å². The first-order valence-corrected chi connectivity index (χ1v) is 7.81. The number of methoxy groups -OCH3 is 1. The number of anilines is 1. The highest BCUT2D eigenvalue weighted by atomic mass is 32.1. The second-order valence-electron chi connectivity index (χ2n) is 4.26. The van der Waals surface area contributed by atoms with Crippen LogP contribution in [0.3, 0.4) is 0 Å². The minimum atomic E-state index is -0.465. The Morgan fingerprint density at radius 3 is 2.71 bits per heavy atom. The van der Waals surface area contributed by atoms with Crippen molar-refractivity contribution in [3.8, 4) is 0 Å². The molecule has 0 aliphatic carbocycles. The zero-order valence-electron chi connectivity index (χ0n) is 11.9. The van der Waals surface area contributed by atoms with Crippen molar-refractivity contribution < 1.29 is 14.3 Å². The van der Waals surface area contributed by atoms with E-state index < -0.39 is 5.97 Å². The third kappa shape index (κ3) is 3.12.